The number of alkyl halides is 3. The van der Waals surface area contributed by atoms with Crippen molar-refractivity contribution in [3.05, 3.63) is 88.2 Å². The molecule has 1 amide bonds. The van der Waals surface area contributed by atoms with E-state index in [9.17, 15) is 18.4 Å². The van der Waals surface area contributed by atoms with Gasteiger partial charge in [0, 0.05) is 45.8 Å². The SMILES string of the molecule is CCCCCCC(Oc1ccc(-c2ccc(C(F)(F)I)c(C)c2)c(C)c1)c1ccc(C(=O)NCCC(=O)O)cc1F. The fraction of sp³-hybridized carbons (Fsp3) is 0.375. The van der Waals surface area contributed by atoms with Crippen LogP contribution >= 0.6 is 22.6 Å². The van der Waals surface area contributed by atoms with Crippen LogP contribution in [-0.4, -0.2) is 23.5 Å². The average molecular weight is 682 g/mol. The average Bonchev–Trinajstić information content (AvgIpc) is 2.89. The van der Waals surface area contributed by atoms with Crippen molar-refractivity contribution in [2.75, 3.05) is 6.54 Å². The first-order chi connectivity index (χ1) is 19.4. The number of carboxylic acids is 1. The predicted octanol–water partition coefficient (Wildman–Crippen LogP) is 8.89. The maximum Gasteiger partial charge on any atom is 0.321 e. The molecule has 220 valence electrons. The second-order valence-corrected chi connectivity index (χ2v) is 11.5. The van der Waals surface area contributed by atoms with Crippen LogP contribution in [0.1, 0.15) is 84.2 Å². The minimum atomic E-state index is -2.95. The third-order valence-corrected chi connectivity index (χ3v) is 7.45. The molecule has 41 heavy (non-hydrogen) atoms. The number of hydrogen-bond donors (Lipinski definition) is 2. The highest BCUT2D eigenvalue weighted by Gasteiger charge is 2.28. The molecule has 0 heterocycles. The molecule has 0 aromatic heterocycles. The molecule has 2 N–H and O–H groups in total. The highest BCUT2D eigenvalue weighted by molar-refractivity contribution is 14.1. The summed E-state index contributed by atoms with van der Waals surface area (Å²) in [4.78, 5) is 23.0. The predicted molar refractivity (Wildman–Crippen MR) is 162 cm³/mol. The summed E-state index contributed by atoms with van der Waals surface area (Å²) in [6.07, 6.45) is 3.69. The van der Waals surface area contributed by atoms with Crippen LogP contribution in [0.25, 0.3) is 11.1 Å². The lowest BCUT2D eigenvalue weighted by molar-refractivity contribution is -0.136. The number of aryl methyl sites for hydroxylation is 2. The Morgan fingerprint density at radius 3 is 2.37 bits per heavy atom. The number of carbonyl (C=O) groups is 2. The molecule has 0 radical (unpaired) electrons. The Morgan fingerprint density at radius 2 is 1.76 bits per heavy atom. The highest BCUT2D eigenvalue weighted by atomic mass is 127. The van der Waals surface area contributed by atoms with Crippen LogP contribution < -0.4 is 10.1 Å². The minimum Gasteiger partial charge on any atom is -0.486 e. The number of benzene rings is 3. The fourth-order valence-corrected chi connectivity index (χ4v) is 5.30. The summed E-state index contributed by atoms with van der Waals surface area (Å²) in [5.41, 5.74) is 3.50. The number of aliphatic carboxylic acids is 1. The van der Waals surface area contributed by atoms with Crippen molar-refractivity contribution in [3.63, 3.8) is 0 Å². The molecule has 0 saturated heterocycles. The Morgan fingerprint density at radius 1 is 1.00 bits per heavy atom. The van der Waals surface area contributed by atoms with E-state index < -0.39 is 27.7 Å². The number of carbonyl (C=O) groups excluding carboxylic acids is 1. The van der Waals surface area contributed by atoms with Gasteiger partial charge in [-0.15, -0.1) is 0 Å². The van der Waals surface area contributed by atoms with E-state index in [1.165, 1.54) is 12.1 Å². The van der Waals surface area contributed by atoms with Crippen LogP contribution in [0.4, 0.5) is 13.2 Å². The molecular formula is C32H35F3INO4. The van der Waals surface area contributed by atoms with Gasteiger partial charge < -0.3 is 15.2 Å². The Labute approximate surface area is 252 Å². The number of rotatable bonds is 14. The molecule has 0 aliphatic rings. The van der Waals surface area contributed by atoms with E-state index in [2.05, 4.69) is 12.2 Å². The van der Waals surface area contributed by atoms with E-state index in [-0.39, 0.29) is 24.1 Å². The van der Waals surface area contributed by atoms with Crippen LogP contribution in [0, 0.1) is 19.7 Å². The van der Waals surface area contributed by atoms with Crippen molar-refractivity contribution in [1.82, 2.24) is 5.32 Å². The molecule has 3 aromatic rings. The summed E-state index contributed by atoms with van der Waals surface area (Å²) in [5.74, 6) is -1.61. The van der Waals surface area contributed by atoms with Crippen molar-refractivity contribution < 1.29 is 32.6 Å². The van der Waals surface area contributed by atoms with Crippen LogP contribution in [-0.2, 0) is 8.72 Å². The number of amides is 1. The Bertz CT molecular complexity index is 1370. The zero-order valence-corrected chi connectivity index (χ0v) is 25.6. The van der Waals surface area contributed by atoms with Gasteiger partial charge in [0.25, 0.3) is 5.91 Å². The van der Waals surface area contributed by atoms with E-state index in [1.54, 1.807) is 31.2 Å². The van der Waals surface area contributed by atoms with Crippen LogP contribution in [0.3, 0.4) is 0 Å². The summed E-state index contributed by atoms with van der Waals surface area (Å²) >= 11 is 1.13. The van der Waals surface area contributed by atoms with Crippen LogP contribution in [0.2, 0.25) is 0 Å². The van der Waals surface area contributed by atoms with Gasteiger partial charge in [-0.2, -0.15) is 8.78 Å². The largest absolute Gasteiger partial charge is 0.486 e. The third-order valence-electron chi connectivity index (χ3n) is 6.87. The third kappa shape index (κ3) is 9.21. The van der Waals surface area contributed by atoms with Crippen LogP contribution in [0.5, 0.6) is 5.75 Å². The van der Waals surface area contributed by atoms with Gasteiger partial charge >= 0.3 is 9.90 Å². The lowest BCUT2D eigenvalue weighted by Gasteiger charge is -2.22. The summed E-state index contributed by atoms with van der Waals surface area (Å²) in [7, 11) is 0. The van der Waals surface area contributed by atoms with E-state index in [0.29, 0.717) is 23.3 Å². The summed E-state index contributed by atoms with van der Waals surface area (Å²) in [5, 5.41) is 11.2. The lowest BCUT2D eigenvalue weighted by Crippen LogP contribution is -2.26. The van der Waals surface area contributed by atoms with Crippen molar-refractivity contribution in [2.24, 2.45) is 0 Å². The molecule has 0 aliphatic carbocycles. The second kappa shape index (κ2) is 14.7. The number of halogens is 4. The van der Waals surface area contributed by atoms with E-state index >= 15 is 4.39 Å². The topological polar surface area (TPSA) is 75.6 Å². The number of nitrogens with one attached hydrogen (secondary N) is 1. The van der Waals surface area contributed by atoms with Gasteiger partial charge in [0.15, 0.2) is 0 Å². The summed E-state index contributed by atoms with van der Waals surface area (Å²) < 4.78 is 46.3. The van der Waals surface area contributed by atoms with E-state index in [1.807, 2.05) is 19.1 Å². The smallest absolute Gasteiger partial charge is 0.321 e. The Kier molecular flexibility index (Phi) is 11.6. The van der Waals surface area contributed by atoms with Gasteiger partial charge in [-0.05, 0) is 73.2 Å². The maximum atomic E-state index is 15.3. The monoisotopic (exact) mass is 681 g/mol. The molecule has 0 saturated carbocycles. The number of hydrogen-bond acceptors (Lipinski definition) is 3. The lowest BCUT2D eigenvalue weighted by atomic mass is 9.96. The quantitative estimate of drug-likeness (QED) is 0.101. The maximum absolute atomic E-state index is 15.3. The van der Waals surface area contributed by atoms with Gasteiger partial charge in [-0.1, -0.05) is 56.5 Å². The van der Waals surface area contributed by atoms with E-state index in [4.69, 9.17) is 9.84 Å². The minimum absolute atomic E-state index is 0.0174. The van der Waals surface area contributed by atoms with Crippen molar-refractivity contribution in [1.29, 1.82) is 0 Å². The molecule has 5 nitrogen and oxygen atoms in total. The zero-order chi connectivity index (χ0) is 30.2. The first-order valence-electron chi connectivity index (χ1n) is 13.7. The zero-order valence-electron chi connectivity index (χ0n) is 23.4. The van der Waals surface area contributed by atoms with E-state index in [0.717, 1.165) is 71.0 Å². The van der Waals surface area contributed by atoms with Gasteiger partial charge in [0.1, 0.15) is 17.7 Å². The van der Waals surface area contributed by atoms with Crippen molar-refractivity contribution in [2.45, 2.75) is 69.3 Å². The standard InChI is InChI=1S/C32H35F3INO4/c1-4-5-6-7-8-29(26-12-9-23(19-28(26)33)31(40)37-16-15-30(38)39)41-24-11-13-25(20(2)18-24)22-10-14-27(21(3)17-22)32(34,35)36/h9-14,17-19,29H,4-8,15-16H2,1-3H3,(H,37,40)(H,38,39). The Balaban J connectivity index is 1.83. The first-order valence-corrected chi connectivity index (χ1v) is 14.7. The molecule has 1 unspecified atom stereocenters. The molecule has 3 aromatic carbocycles. The molecular weight excluding hydrogens is 646 g/mol. The summed E-state index contributed by atoms with van der Waals surface area (Å²) in [6.45, 7) is 5.64. The van der Waals surface area contributed by atoms with Gasteiger partial charge in [0.05, 0.1) is 6.42 Å². The Hall–Kier alpha value is -3.08. The molecule has 0 fully saturated rings. The second-order valence-electron chi connectivity index (χ2n) is 10.1. The van der Waals surface area contributed by atoms with Gasteiger partial charge in [-0.3, -0.25) is 9.59 Å². The van der Waals surface area contributed by atoms with Gasteiger partial charge in [-0.25, -0.2) is 4.39 Å². The summed E-state index contributed by atoms with van der Waals surface area (Å²) in [6, 6.07) is 14.6. The van der Waals surface area contributed by atoms with Crippen LogP contribution in [0.15, 0.2) is 54.6 Å². The fourth-order valence-electron chi connectivity index (χ4n) is 4.70. The molecule has 0 spiro atoms. The molecule has 3 rings (SSSR count). The highest BCUT2D eigenvalue weighted by Crippen LogP contribution is 2.39. The number of unbranched alkanes of at least 4 members (excludes halogenated alkanes) is 3. The van der Waals surface area contributed by atoms with Gasteiger partial charge in [0.2, 0.25) is 0 Å². The van der Waals surface area contributed by atoms with Crippen molar-refractivity contribution >= 4 is 34.5 Å². The molecule has 0 aliphatic heterocycles. The number of carboxylic acid groups (broad SMARTS) is 1. The normalized spacial score (nSPS) is 12.2. The molecule has 1 atom stereocenters. The molecule has 9 heteroatoms. The van der Waals surface area contributed by atoms with Crippen molar-refractivity contribution in [3.8, 4) is 16.9 Å². The first kappa shape index (κ1) is 32.4. The molecule has 0 bridgehead atoms. The number of ether oxygens (including phenoxy) is 1.